The van der Waals surface area contributed by atoms with Crippen LogP contribution >= 0.6 is 12.2 Å². The van der Waals surface area contributed by atoms with Gasteiger partial charge in [0.1, 0.15) is 0 Å². The number of nitrogens with zero attached hydrogens (tertiary/aromatic N) is 2. The zero-order valence-electron chi connectivity index (χ0n) is 11.7. The topological polar surface area (TPSA) is 109 Å². The van der Waals surface area contributed by atoms with Gasteiger partial charge in [-0.05, 0) is 37.2 Å². The van der Waals surface area contributed by atoms with Gasteiger partial charge in [-0.1, -0.05) is 0 Å². The minimum Gasteiger partial charge on any atom is -0.502 e. The molecule has 0 aliphatic carbocycles. The molecule has 2 rings (SSSR count). The van der Waals surface area contributed by atoms with Gasteiger partial charge < -0.3 is 15.2 Å². The Kier molecular flexibility index (Phi) is 5.61. The van der Waals surface area contributed by atoms with Crippen molar-refractivity contribution in [1.29, 1.82) is 0 Å². The first-order valence-electron chi connectivity index (χ1n) is 6.72. The van der Waals surface area contributed by atoms with Crippen LogP contribution in [0.4, 0.5) is 5.69 Å². The lowest BCUT2D eigenvalue weighted by atomic mass is 10.2. The van der Waals surface area contributed by atoms with E-state index in [1.54, 1.807) is 0 Å². The average Bonchev–Trinajstić information content (AvgIpc) is 3.00. The van der Waals surface area contributed by atoms with Gasteiger partial charge in [-0.15, -0.1) is 0 Å². The van der Waals surface area contributed by atoms with Gasteiger partial charge in [-0.2, -0.15) is 5.10 Å². The van der Waals surface area contributed by atoms with Gasteiger partial charge in [0.2, 0.25) is 0 Å². The van der Waals surface area contributed by atoms with Crippen molar-refractivity contribution in [3.05, 3.63) is 33.9 Å². The highest BCUT2D eigenvalue weighted by Gasteiger charge is 2.15. The summed E-state index contributed by atoms with van der Waals surface area (Å²) in [5.74, 6) is -0.385. The Hall–Kier alpha value is -2.26. The van der Waals surface area contributed by atoms with E-state index >= 15 is 0 Å². The molecule has 0 amide bonds. The third-order valence-electron chi connectivity index (χ3n) is 3.09. The monoisotopic (exact) mass is 324 g/mol. The summed E-state index contributed by atoms with van der Waals surface area (Å²) < 4.78 is 5.45. The summed E-state index contributed by atoms with van der Waals surface area (Å²) in [5.41, 5.74) is 2.72. The van der Waals surface area contributed by atoms with Gasteiger partial charge in [0.15, 0.2) is 10.9 Å². The zero-order valence-corrected chi connectivity index (χ0v) is 12.5. The lowest BCUT2D eigenvalue weighted by Gasteiger charge is -2.11. The number of benzene rings is 1. The minimum absolute atomic E-state index is 0.170. The highest BCUT2D eigenvalue weighted by atomic mass is 32.1. The van der Waals surface area contributed by atoms with Crippen LogP contribution in [-0.2, 0) is 4.74 Å². The molecular weight excluding hydrogens is 308 g/mol. The third kappa shape index (κ3) is 4.64. The van der Waals surface area contributed by atoms with Crippen LogP contribution in [0.2, 0.25) is 0 Å². The summed E-state index contributed by atoms with van der Waals surface area (Å²) in [7, 11) is 0. The molecule has 22 heavy (non-hydrogen) atoms. The lowest BCUT2D eigenvalue weighted by molar-refractivity contribution is -0.385. The van der Waals surface area contributed by atoms with Crippen molar-refractivity contribution in [2.24, 2.45) is 5.10 Å². The number of nitro benzene ring substituents is 1. The summed E-state index contributed by atoms with van der Waals surface area (Å²) in [4.78, 5) is 10.1. The van der Waals surface area contributed by atoms with Crippen LogP contribution in [0.25, 0.3) is 0 Å². The van der Waals surface area contributed by atoms with Gasteiger partial charge in [0.05, 0.1) is 17.2 Å². The van der Waals surface area contributed by atoms with Crippen LogP contribution in [0.5, 0.6) is 5.75 Å². The number of ether oxygens (including phenoxy) is 1. The highest BCUT2D eigenvalue weighted by molar-refractivity contribution is 7.80. The van der Waals surface area contributed by atoms with Crippen molar-refractivity contribution in [2.75, 3.05) is 13.2 Å². The molecule has 1 saturated heterocycles. The summed E-state index contributed by atoms with van der Waals surface area (Å²) in [6.07, 6.45) is 3.62. The predicted molar refractivity (Wildman–Crippen MR) is 85.1 cm³/mol. The Bertz CT molecular complexity index is 587. The SMILES string of the molecule is O=[N+]([O-])c1cc(/C=N\NC(=S)NC[C@H]2CCCO2)ccc1O. The van der Waals surface area contributed by atoms with Gasteiger partial charge in [-0.3, -0.25) is 15.5 Å². The molecule has 0 unspecified atom stereocenters. The number of rotatable bonds is 5. The standard InChI is InChI=1S/C13H16N4O4S/c18-12-4-3-9(6-11(12)17(19)20)7-15-16-13(22)14-8-10-2-1-5-21-10/h3-4,6-7,10,18H,1-2,5,8H2,(H2,14,16,22)/b15-7-/t10-/m1/s1. The number of nitro groups is 1. The average molecular weight is 324 g/mol. The molecule has 3 N–H and O–H groups in total. The maximum Gasteiger partial charge on any atom is 0.311 e. The maximum absolute atomic E-state index is 10.7. The first-order valence-corrected chi connectivity index (χ1v) is 7.13. The Morgan fingerprint density at radius 3 is 3.14 bits per heavy atom. The third-order valence-corrected chi connectivity index (χ3v) is 3.33. The number of hydrazone groups is 1. The summed E-state index contributed by atoms with van der Waals surface area (Å²) in [6.45, 7) is 1.40. The summed E-state index contributed by atoms with van der Waals surface area (Å²) in [5, 5.41) is 27.3. The molecule has 9 heteroatoms. The van der Waals surface area contributed by atoms with E-state index in [9.17, 15) is 15.2 Å². The summed E-state index contributed by atoms with van der Waals surface area (Å²) in [6, 6.07) is 3.98. The first-order chi connectivity index (χ1) is 10.6. The molecule has 118 valence electrons. The molecule has 1 aromatic rings. The molecule has 0 spiro atoms. The molecule has 1 atom stereocenters. The molecule has 0 radical (unpaired) electrons. The molecule has 0 saturated carbocycles. The molecule has 1 aromatic carbocycles. The van der Waals surface area contributed by atoms with Crippen LogP contribution in [-0.4, -0.2) is 40.6 Å². The molecule has 8 nitrogen and oxygen atoms in total. The Morgan fingerprint density at radius 1 is 1.64 bits per heavy atom. The minimum atomic E-state index is -0.659. The number of aromatic hydroxyl groups is 1. The second-order valence-electron chi connectivity index (χ2n) is 4.72. The van der Waals surface area contributed by atoms with E-state index in [0.29, 0.717) is 17.2 Å². The van der Waals surface area contributed by atoms with E-state index in [1.807, 2.05) is 0 Å². The quantitative estimate of drug-likeness (QED) is 0.324. The van der Waals surface area contributed by atoms with E-state index < -0.39 is 4.92 Å². The molecule has 1 heterocycles. The van der Waals surface area contributed by atoms with E-state index in [0.717, 1.165) is 19.4 Å². The Labute approximate surface area is 132 Å². The van der Waals surface area contributed by atoms with Crippen LogP contribution < -0.4 is 10.7 Å². The normalized spacial score (nSPS) is 17.5. The number of phenols is 1. The van der Waals surface area contributed by atoms with Crippen LogP contribution in [0.3, 0.4) is 0 Å². The van der Waals surface area contributed by atoms with Gasteiger partial charge in [-0.25, -0.2) is 0 Å². The predicted octanol–water partition coefficient (Wildman–Crippen LogP) is 1.28. The highest BCUT2D eigenvalue weighted by Crippen LogP contribution is 2.25. The van der Waals surface area contributed by atoms with Crippen LogP contribution in [0.1, 0.15) is 18.4 Å². The lowest BCUT2D eigenvalue weighted by Crippen LogP contribution is -2.37. The zero-order chi connectivity index (χ0) is 15.9. The fourth-order valence-corrected chi connectivity index (χ4v) is 2.12. The van der Waals surface area contributed by atoms with Crippen molar-refractivity contribution in [2.45, 2.75) is 18.9 Å². The maximum atomic E-state index is 10.7. The number of thiocarbonyl (C=S) groups is 1. The molecule has 0 aromatic heterocycles. The van der Waals surface area contributed by atoms with Gasteiger partial charge >= 0.3 is 5.69 Å². The van der Waals surface area contributed by atoms with Gasteiger partial charge in [0.25, 0.3) is 0 Å². The van der Waals surface area contributed by atoms with E-state index in [2.05, 4.69) is 15.8 Å². The fourth-order valence-electron chi connectivity index (χ4n) is 1.98. The largest absolute Gasteiger partial charge is 0.502 e. The molecule has 1 aliphatic rings. The Morgan fingerprint density at radius 2 is 2.45 bits per heavy atom. The molecule has 1 fully saturated rings. The second kappa shape index (κ2) is 7.66. The van der Waals surface area contributed by atoms with Crippen LogP contribution in [0.15, 0.2) is 23.3 Å². The first kappa shape index (κ1) is 16.1. The number of hydrogen-bond acceptors (Lipinski definition) is 6. The van der Waals surface area contributed by atoms with Crippen molar-refractivity contribution in [3.8, 4) is 5.75 Å². The summed E-state index contributed by atoms with van der Waals surface area (Å²) >= 11 is 5.05. The number of hydrogen-bond donors (Lipinski definition) is 3. The van der Waals surface area contributed by atoms with E-state index in [4.69, 9.17) is 17.0 Å². The van der Waals surface area contributed by atoms with Crippen molar-refractivity contribution in [1.82, 2.24) is 10.7 Å². The molecule has 1 aliphatic heterocycles. The molecule has 0 bridgehead atoms. The molecular formula is C13H16N4O4S. The fraction of sp³-hybridized carbons (Fsp3) is 0.385. The smallest absolute Gasteiger partial charge is 0.311 e. The van der Waals surface area contributed by atoms with Crippen molar-refractivity contribution in [3.63, 3.8) is 0 Å². The van der Waals surface area contributed by atoms with Crippen molar-refractivity contribution < 1.29 is 14.8 Å². The number of nitrogens with one attached hydrogen (secondary N) is 2. The Balaban J connectivity index is 1.82. The van der Waals surface area contributed by atoms with Crippen LogP contribution in [0, 0.1) is 10.1 Å². The van der Waals surface area contributed by atoms with E-state index in [-0.39, 0.29) is 17.5 Å². The second-order valence-corrected chi connectivity index (χ2v) is 5.13. The van der Waals surface area contributed by atoms with E-state index in [1.165, 1.54) is 24.4 Å². The van der Waals surface area contributed by atoms with Gasteiger partial charge in [0, 0.05) is 24.8 Å². The number of phenolic OH excluding ortho intramolecular Hbond substituents is 1. The van der Waals surface area contributed by atoms with Crippen molar-refractivity contribution >= 4 is 29.2 Å².